The first-order valence-corrected chi connectivity index (χ1v) is 6.99. The first kappa shape index (κ1) is 14.9. The van der Waals surface area contributed by atoms with E-state index < -0.39 is 0 Å². The molecule has 1 aromatic heterocycles. The minimum atomic E-state index is -0.0292. The maximum Gasteiger partial charge on any atom is 0.230 e. The molecule has 0 aliphatic rings. The third-order valence-electron chi connectivity index (χ3n) is 2.49. The summed E-state index contributed by atoms with van der Waals surface area (Å²) in [4.78, 5) is 11.7. The Kier molecular flexibility index (Phi) is 6.66. The number of nitrogens with zero attached hydrogens (tertiary/aromatic N) is 4. The molecule has 18 heavy (non-hydrogen) atoms. The maximum atomic E-state index is 11.7. The number of aromatic nitrogens is 4. The lowest BCUT2D eigenvalue weighted by Gasteiger charge is -2.14. The van der Waals surface area contributed by atoms with E-state index in [0.717, 1.165) is 12.8 Å². The number of carbonyl (C=O) groups excluding carboxylic acids is 1. The second-order valence-corrected chi connectivity index (χ2v) is 4.72. The normalized spacial score (nSPS) is 10.9. The molecule has 7 nitrogen and oxygen atoms in total. The van der Waals surface area contributed by atoms with E-state index in [1.54, 1.807) is 0 Å². The number of carbonyl (C=O) groups is 1. The summed E-state index contributed by atoms with van der Waals surface area (Å²) >= 11 is 1.27. The van der Waals surface area contributed by atoms with Gasteiger partial charge in [-0.1, -0.05) is 25.6 Å². The highest BCUT2D eigenvalue weighted by Gasteiger charge is 2.12. The third kappa shape index (κ3) is 4.61. The fourth-order valence-electron chi connectivity index (χ4n) is 1.43. The SMILES string of the molecule is CCC(CC)NC(=O)CSc1nnnn1CCO. The van der Waals surface area contributed by atoms with E-state index in [9.17, 15) is 4.79 Å². The molecule has 0 fully saturated rings. The Balaban J connectivity index is 2.39. The summed E-state index contributed by atoms with van der Waals surface area (Å²) in [6.07, 6.45) is 1.85. The van der Waals surface area contributed by atoms with Crippen LogP contribution in [0.2, 0.25) is 0 Å². The zero-order valence-corrected chi connectivity index (χ0v) is 11.5. The Morgan fingerprint density at radius 1 is 1.50 bits per heavy atom. The van der Waals surface area contributed by atoms with E-state index in [4.69, 9.17) is 5.11 Å². The lowest BCUT2D eigenvalue weighted by molar-refractivity contribution is -0.119. The fraction of sp³-hybridized carbons (Fsp3) is 0.800. The van der Waals surface area contributed by atoms with Gasteiger partial charge in [-0.25, -0.2) is 4.68 Å². The Bertz CT molecular complexity index is 367. The molecule has 0 unspecified atom stereocenters. The first-order chi connectivity index (χ1) is 8.71. The third-order valence-corrected chi connectivity index (χ3v) is 3.45. The number of rotatable bonds is 8. The number of aliphatic hydroxyl groups excluding tert-OH is 1. The van der Waals surface area contributed by atoms with Crippen molar-refractivity contribution >= 4 is 17.7 Å². The highest BCUT2D eigenvalue weighted by molar-refractivity contribution is 7.99. The van der Waals surface area contributed by atoms with Gasteiger partial charge in [0.15, 0.2) is 0 Å². The van der Waals surface area contributed by atoms with Crippen LogP contribution in [-0.2, 0) is 11.3 Å². The van der Waals surface area contributed by atoms with Crippen LogP contribution in [0.3, 0.4) is 0 Å². The van der Waals surface area contributed by atoms with Crippen molar-refractivity contribution in [3.8, 4) is 0 Å². The average molecular weight is 273 g/mol. The zero-order chi connectivity index (χ0) is 13.4. The predicted molar refractivity (Wildman–Crippen MR) is 68.1 cm³/mol. The highest BCUT2D eigenvalue weighted by Crippen LogP contribution is 2.13. The summed E-state index contributed by atoms with van der Waals surface area (Å²) in [6, 6.07) is 0.228. The number of thioether (sulfide) groups is 1. The van der Waals surface area contributed by atoms with Gasteiger partial charge in [-0.3, -0.25) is 4.79 Å². The molecule has 1 heterocycles. The van der Waals surface area contributed by atoms with Gasteiger partial charge in [-0.05, 0) is 23.3 Å². The molecule has 2 N–H and O–H groups in total. The molecule has 1 rings (SSSR count). The lowest BCUT2D eigenvalue weighted by Crippen LogP contribution is -2.35. The van der Waals surface area contributed by atoms with E-state index in [2.05, 4.69) is 20.8 Å². The number of nitrogens with one attached hydrogen (secondary N) is 1. The van der Waals surface area contributed by atoms with Gasteiger partial charge in [-0.15, -0.1) is 5.10 Å². The van der Waals surface area contributed by atoms with Crippen molar-refractivity contribution in [2.75, 3.05) is 12.4 Å². The standard InChI is InChI=1S/C10H19N5O2S/c1-3-8(4-2)11-9(17)7-18-10-12-13-14-15(10)5-6-16/h8,16H,3-7H2,1-2H3,(H,11,17). The Morgan fingerprint density at radius 3 is 2.83 bits per heavy atom. The van der Waals surface area contributed by atoms with Gasteiger partial charge in [0.25, 0.3) is 0 Å². The van der Waals surface area contributed by atoms with Crippen LogP contribution in [0.4, 0.5) is 0 Å². The molecule has 1 amide bonds. The molecule has 0 spiro atoms. The molecule has 0 aliphatic carbocycles. The Morgan fingerprint density at radius 2 is 2.22 bits per heavy atom. The minimum absolute atomic E-state index is 0.0211. The number of hydrogen-bond donors (Lipinski definition) is 2. The van der Waals surface area contributed by atoms with Crippen LogP contribution in [0.1, 0.15) is 26.7 Å². The largest absolute Gasteiger partial charge is 0.394 e. The van der Waals surface area contributed by atoms with E-state index in [0.29, 0.717) is 11.7 Å². The summed E-state index contributed by atoms with van der Waals surface area (Å²) in [5.41, 5.74) is 0. The van der Waals surface area contributed by atoms with Crippen molar-refractivity contribution in [3.05, 3.63) is 0 Å². The highest BCUT2D eigenvalue weighted by atomic mass is 32.2. The van der Waals surface area contributed by atoms with Crippen LogP contribution in [0.15, 0.2) is 5.16 Å². The summed E-state index contributed by atoms with van der Waals surface area (Å²) in [5, 5.41) is 23.3. The molecular weight excluding hydrogens is 254 g/mol. The van der Waals surface area contributed by atoms with Crippen LogP contribution in [-0.4, -0.2) is 49.6 Å². The minimum Gasteiger partial charge on any atom is -0.394 e. The van der Waals surface area contributed by atoms with Gasteiger partial charge in [0.1, 0.15) is 0 Å². The molecule has 0 saturated carbocycles. The topological polar surface area (TPSA) is 92.9 Å². The predicted octanol–water partition coefficient (Wildman–Crippen LogP) is 0.0623. The van der Waals surface area contributed by atoms with Gasteiger partial charge >= 0.3 is 0 Å². The first-order valence-electron chi connectivity index (χ1n) is 6.00. The van der Waals surface area contributed by atoms with Crippen LogP contribution in [0.5, 0.6) is 0 Å². The van der Waals surface area contributed by atoms with Gasteiger partial charge in [0, 0.05) is 6.04 Å². The summed E-state index contributed by atoms with van der Waals surface area (Å²) in [5.74, 6) is 0.259. The fourth-order valence-corrected chi connectivity index (χ4v) is 2.14. The molecule has 0 aliphatic heterocycles. The van der Waals surface area contributed by atoms with Gasteiger partial charge in [-0.2, -0.15) is 0 Å². The zero-order valence-electron chi connectivity index (χ0n) is 10.7. The van der Waals surface area contributed by atoms with E-state index in [1.165, 1.54) is 16.4 Å². The smallest absolute Gasteiger partial charge is 0.230 e. The molecule has 8 heteroatoms. The van der Waals surface area contributed by atoms with Crippen molar-refractivity contribution in [2.24, 2.45) is 0 Å². The molecule has 0 radical (unpaired) electrons. The summed E-state index contributed by atoms with van der Waals surface area (Å²) in [7, 11) is 0. The van der Waals surface area contributed by atoms with Gasteiger partial charge in [0.05, 0.1) is 18.9 Å². The average Bonchev–Trinajstić information content (AvgIpc) is 2.81. The van der Waals surface area contributed by atoms with Crippen molar-refractivity contribution in [3.63, 3.8) is 0 Å². The van der Waals surface area contributed by atoms with E-state index in [1.807, 2.05) is 13.8 Å². The molecule has 102 valence electrons. The monoisotopic (exact) mass is 273 g/mol. The maximum absolute atomic E-state index is 11.7. The second kappa shape index (κ2) is 8.04. The van der Waals surface area contributed by atoms with Crippen LogP contribution >= 0.6 is 11.8 Å². The second-order valence-electron chi connectivity index (χ2n) is 3.78. The molecule has 0 saturated heterocycles. The number of hydrogen-bond acceptors (Lipinski definition) is 6. The van der Waals surface area contributed by atoms with Crippen LogP contribution in [0.25, 0.3) is 0 Å². The number of tetrazole rings is 1. The number of aliphatic hydroxyl groups is 1. The van der Waals surface area contributed by atoms with Crippen molar-refractivity contribution < 1.29 is 9.90 Å². The summed E-state index contributed by atoms with van der Waals surface area (Å²) < 4.78 is 1.48. The van der Waals surface area contributed by atoms with Crippen molar-refractivity contribution in [2.45, 2.75) is 44.4 Å². The van der Waals surface area contributed by atoms with Crippen LogP contribution in [0, 0.1) is 0 Å². The molecular formula is C10H19N5O2S. The van der Waals surface area contributed by atoms with Crippen molar-refractivity contribution in [1.29, 1.82) is 0 Å². The molecule has 0 bridgehead atoms. The van der Waals surface area contributed by atoms with E-state index in [-0.39, 0.29) is 24.3 Å². The molecule has 0 aromatic carbocycles. The molecule has 0 atom stereocenters. The summed E-state index contributed by atoms with van der Waals surface area (Å²) in [6.45, 7) is 4.40. The lowest BCUT2D eigenvalue weighted by atomic mass is 10.2. The Hall–Kier alpha value is -1.15. The van der Waals surface area contributed by atoms with Crippen molar-refractivity contribution in [1.82, 2.24) is 25.5 Å². The van der Waals surface area contributed by atoms with Gasteiger partial charge in [0.2, 0.25) is 11.1 Å². The number of amides is 1. The molecule has 1 aromatic rings. The van der Waals surface area contributed by atoms with E-state index >= 15 is 0 Å². The quantitative estimate of drug-likeness (QED) is 0.651. The Labute approximate surface area is 110 Å². The van der Waals surface area contributed by atoms with Gasteiger partial charge < -0.3 is 10.4 Å². The van der Waals surface area contributed by atoms with Crippen LogP contribution < -0.4 is 5.32 Å².